The summed E-state index contributed by atoms with van der Waals surface area (Å²) in [7, 11) is 0. The third kappa shape index (κ3) is 4.38. The largest absolute Gasteiger partial charge is 0.418 e. The van der Waals surface area contributed by atoms with E-state index >= 15 is 0 Å². The first-order valence-corrected chi connectivity index (χ1v) is 10.5. The molecule has 0 bridgehead atoms. The molecule has 0 radical (unpaired) electrons. The third-order valence-electron chi connectivity index (χ3n) is 6.11. The van der Waals surface area contributed by atoms with Crippen molar-refractivity contribution in [2.75, 3.05) is 31.1 Å². The Labute approximate surface area is 174 Å². The highest BCUT2D eigenvalue weighted by Crippen LogP contribution is 2.38. The van der Waals surface area contributed by atoms with Gasteiger partial charge in [0.25, 0.3) is 0 Å². The van der Waals surface area contributed by atoms with Crippen molar-refractivity contribution in [2.45, 2.75) is 38.4 Å². The molecule has 0 spiro atoms. The standard InChI is InChI=1S/C22H27F3N4O/c1-14-11-16(28-21(30)15-6-9-26-10-7-15)13-29(12-14)19-5-4-18(22(23,24)25)20-17(19)3-2-8-27-20/h2-5,8,14-16,26H,6-7,9-13H2,1H3,(H,28,30)/t14-,16+/m0/s1. The second kappa shape index (κ2) is 8.41. The molecular formula is C22H27F3N4O. The lowest BCUT2D eigenvalue weighted by Gasteiger charge is -2.39. The number of rotatable bonds is 3. The van der Waals surface area contributed by atoms with E-state index < -0.39 is 11.7 Å². The van der Waals surface area contributed by atoms with Crippen LogP contribution in [0.15, 0.2) is 30.5 Å². The van der Waals surface area contributed by atoms with Crippen molar-refractivity contribution < 1.29 is 18.0 Å². The van der Waals surface area contributed by atoms with Gasteiger partial charge in [0.15, 0.2) is 0 Å². The minimum absolute atomic E-state index is 0.0230. The van der Waals surface area contributed by atoms with Crippen molar-refractivity contribution in [3.63, 3.8) is 0 Å². The Morgan fingerprint density at radius 3 is 2.70 bits per heavy atom. The third-order valence-corrected chi connectivity index (χ3v) is 6.11. The Morgan fingerprint density at radius 2 is 1.97 bits per heavy atom. The molecule has 5 nitrogen and oxygen atoms in total. The van der Waals surface area contributed by atoms with Crippen molar-refractivity contribution >= 4 is 22.5 Å². The molecule has 2 aliphatic heterocycles. The van der Waals surface area contributed by atoms with Gasteiger partial charge in [0.05, 0.1) is 11.1 Å². The molecule has 162 valence electrons. The highest BCUT2D eigenvalue weighted by Gasteiger charge is 2.35. The first-order chi connectivity index (χ1) is 14.3. The van der Waals surface area contributed by atoms with Gasteiger partial charge in [-0.05, 0) is 62.5 Å². The predicted molar refractivity (Wildman–Crippen MR) is 110 cm³/mol. The molecule has 1 aromatic heterocycles. The summed E-state index contributed by atoms with van der Waals surface area (Å²) in [6.45, 7) is 5.14. The van der Waals surface area contributed by atoms with Crippen LogP contribution in [0.1, 0.15) is 31.7 Å². The Morgan fingerprint density at radius 1 is 1.20 bits per heavy atom. The number of anilines is 1. The molecular weight excluding hydrogens is 393 g/mol. The van der Waals surface area contributed by atoms with Crippen molar-refractivity contribution in [3.05, 3.63) is 36.0 Å². The number of aromatic nitrogens is 1. The lowest BCUT2D eigenvalue weighted by Crippen LogP contribution is -2.52. The van der Waals surface area contributed by atoms with Gasteiger partial charge in [-0.15, -0.1) is 0 Å². The average molecular weight is 420 g/mol. The van der Waals surface area contributed by atoms with Crippen LogP contribution in [0.25, 0.3) is 10.9 Å². The lowest BCUT2D eigenvalue weighted by atomic mass is 9.92. The molecule has 1 aromatic carbocycles. The maximum Gasteiger partial charge on any atom is 0.418 e. The van der Waals surface area contributed by atoms with E-state index in [0.717, 1.165) is 50.7 Å². The number of halogens is 3. The van der Waals surface area contributed by atoms with E-state index in [2.05, 4.69) is 27.4 Å². The van der Waals surface area contributed by atoms with E-state index in [0.29, 0.717) is 17.8 Å². The first-order valence-electron chi connectivity index (χ1n) is 10.5. The second-order valence-corrected chi connectivity index (χ2v) is 8.51. The number of nitrogens with one attached hydrogen (secondary N) is 2. The number of amides is 1. The fraction of sp³-hybridized carbons (Fsp3) is 0.545. The molecule has 0 unspecified atom stereocenters. The van der Waals surface area contributed by atoms with Crippen LogP contribution in [0.3, 0.4) is 0 Å². The van der Waals surface area contributed by atoms with Gasteiger partial charge in [-0.25, -0.2) is 0 Å². The summed E-state index contributed by atoms with van der Waals surface area (Å²) in [6, 6.07) is 5.98. The Kier molecular flexibility index (Phi) is 5.86. The maximum atomic E-state index is 13.4. The number of nitrogens with zero attached hydrogens (tertiary/aromatic N) is 2. The molecule has 2 fully saturated rings. The molecule has 2 aromatic rings. The van der Waals surface area contributed by atoms with Crippen LogP contribution in [0.5, 0.6) is 0 Å². The lowest BCUT2D eigenvalue weighted by molar-refractivity contribution is -0.136. The quantitative estimate of drug-likeness (QED) is 0.797. The molecule has 8 heteroatoms. The average Bonchev–Trinajstić information content (AvgIpc) is 2.72. The number of benzene rings is 1. The fourth-order valence-corrected chi connectivity index (χ4v) is 4.72. The second-order valence-electron chi connectivity index (χ2n) is 8.51. The zero-order chi connectivity index (χ0) is 21.3. The topological polar surface area (TPSA) is 57.3 Å². The van der Waals surface area contributed by atoms with Crippen molar-refractivity contribution in [1.82, 2.24) is 15.6 Å². The SMILES string of the molecule is C[C@H]1C[C@@H](NC(=O)C2CCNCC2)CN(c2ccc(C(F)(F)F)c3ncccc23)C1. The van der Waals surface area contributed by atoms with Gasteiger partial charge in [0.2, 0.25) is 5.91 Å². The zero-order valence-electron chi connectivity index (χ0n) is 17.0. The van der Waals surface area contributed by atoms with Crippen molar-refractivity contribution in [3.8, 4) is 0 Å². The van der Waals surface area contributed by atoms with E-state index in [9.17, 15) is 18.0 Å². The van der Waals surface area contributed by atoms with Crippen LogP contribution in [0.4, 0.5) is 18.9 Å². The van der Waals surface area contributed by atoms with E-state index in [-0.39, 0.29) is 23.4 Å². The minimum Gasteiger partial charge on any atom is -0.369 e. The molecule has 2 aliphatic rings. The molecule has 30 heavy (non-hydrogen) atoms. The van der Waals surface area contributed by atoms with Gasteiger partial charge in [0, 0.05) is 42.3 Å². The molecule has 0 aliphatic carbocycles. The molecule has 0 saturated carbocycles. The molecule has 2 atom stereocenters. The van der Waals surface area contributed by atoms with E-state index in [4.69, 9.17) is 0 Å². The number of hydrogen-bond acceptors (Lipinski definition) is 4. The summed E-state index contributed by atoms with van der Waals surface area (Å²) < 4.78 is 40.3. The zero-order valence-corrected chi connectivity index (χ0v) is 17.0. The van der Waals surface area contributed by atoms with Crippen molar-refractivity contribution in [1.29, 1.82) is 0 Å². The van der Waals surface area contributed by atoms with Crippen LogP contribution in [0, 0.1) is 11.8 Å². The summed E-state index contributed by atoms with van der Waals surface area (Å²) in [5.74, 6) is 0.439. The Hall–Kier alpha value is -2.35. The number of piperidine rings is 2. The van der Waals surface area contributed by atoms with Crippen LogP contribution in [0.2, 0.25) is 0 Å². The summed E-state index contributed by atoms with van der Waals surface area (Å²) in [5, 5.41) is 6.96. The maximum absolute atomic E-state index is 13.4. The molecule has 2 saturated heterocycles. The van der Waals surface area contributed by atoms with Crippen molar-refractivity contribution in [2.24, 2.45) is 11.8 Å². The van der Waals surface area contributed by atoms with Gasteiger partial charge < -0.3 is 15.5 Å². The Bertz CT molecular complexity index is 911. The summed E-state index contributed by atoms with van der Waals surface area (Å²) in [6.07, 6.45) is -0.516. The monoisotopic (exact) mass is 420 g/mol. The summed E-state index contributed by atoms with van der Waals surface area (Å²) in [4.78, 5) is 18.8. The number of carbonyl (C=O) groups excluding carboxylic acids is 1. The number of fused-ring (bicyclic) bond motifs is 1. The van der Waals surface area contributed by atoms with Gasteiger partial charge in [-0.3, -0.25) is 9.78 Å². The highest BCUT2D eigenvalue weighted by atomic mass is 19.4. The van der Waals surface area contributed by atoms with E-state index in [1.165, 1.54) is 12.3 Å². The number of carbonyl (C=O) groups is 1. The van der Waals surface area contributed by atoms with Gasteiger partial charge in [-0.1, -0.05) is 6.92 Å². The molecule has 1 amide bonds. The summed E-state index contributed by atoms with van der Waals surface area (Å²) >= 11 is 0. The van der Waals surface area contributed by atoms with Gasteiger partial charge in [0.1, 0.15) is 0 Å². The normalized spacial score (nSPS) is 23.5. The smallest absolute Gasteiger partial charge is 0.369 e. The highest BCUT2D eigenvalue weighted by molar-refractivity contribution is 5.94. The van der Waals surface area contributed by atoms with Gasteiger partial charge in [-0.2, -0.15) is 13.2 Å². The number of alkyl halides is 3. The first kappa shape index (κ1) is 20.9. The fourth-order valence-electron chi connectivity index (χ4n) is 4.72. The summed E-state index contributed by atoms with van der Waals surface area (Å²) in [5.41, 5.74) is -0.0162. The molecule has 4 rings (SSSR count). The number of hydrogen-bond donors (Lipinski definition) is 2. The van der Waals surface area contributed by atoms with E-state index in [1.807, 2.05) is 0 Å². The van der Waals surface area contributed by atoms with Crippen LogP contribution >= 0.6 is 0 Å². The molecule has 2 N–H and O–H groups in total. The Balaban J connectivity index is 1.57. The van der Waals surface area contributed by atoms with Crippen LogP contribution in [-0.2, 0) is 11.0 Å². The van der Waals surface area contributed by atoms with Gasteiger partial charge >= 0.3 is 6.18 Å². The molecule has 3 heterocycles. The van der Waals surface area contributed by atoms with Crippen LogP contribution in [-0.4, -0.2) is 43.1 Å². The van der Waals surface area contributed by atoms with Crippen LogP contribution < -0.4 is 15.5 Å². The van der Waals surface area contributed by atoms with E-state index in [1.54, 1.807) is 12.1 Å². The number of pyridine rings is 1. The predicted octanol–water partition coefficient (Wildman–Crippen LogP) is 3.58. The minimum atomic E-state index is -4.45.